The minimum atomic E-state index is -0.108. The molecule has 5 aromatic rings. The van der Waals surface area contributed by atoms with E-state index in [0.717, 1.165) is 54.7 Å². The summed E-state index contributed by atoms with van der Waals surface area (Å²) in [7, 11) is 0. The van der Waals surface area contributed by atoms with Crippen LogP contribution in [-0.2, 0) is 0 Å². The molecule has 7 rings (SSSR count). The highest BCUT2D eigenvalue weighted by Gasteiger charge is 2.36. The quantitative estimate of drug-likeness (QED) is 0.205. The number of hydrogen-bond acceptors (Lipinski definition) is 9. The van der Waals surface area contributed by atoms with Gasteiger partial charge < -0.3 is 9.47 Å². The molecule has 0 saturated carbocycles. The molecule has 0 spiro atoms. The summed E-state index contributed by atoms with van der Waals surface area (Å²) < 4.78 is 11.6. The molecule has 0 amide bonds. The van der Waals surface area contributed by atoms with Crippen LogP contribution in [0.25, 0.3) is 10.6 Å². The Morgan fingerprint density at radius 3 is 2.50 bits per heavy atom. The van der Waals surface area contributed by atoms with E-state index in [1.807, 2.05) is 77.1 Å². The van der Waals surface area contributed by atoms with Gasteiger partial charge in [0.15, 0.2) is 16.5 Å². The van der Waals surface area contributed by atoms with E-state index in [1.54, 1.807) is 11.3 Å². The van der Waals surface area contributed by atoms with Gasteiger partial charge in [-0.05, 0) is 35.2 Å². The van der Waals surface area contributed by atoms with Gasteiger partial charge in [0.25, 0.3) is 0 Å². The van der Waals surface area contributed by atoms with E-state index in [-0.39, 0.29) is 12.8 Å². The zero-order chi connectivity index (χ0) is 25.3. The molecule has 0 fully saturated rings. The van der Waals surface area contributed by atoms with E-state index in [9.17, 15) is 0 Å². The van der Waals surface area contributed by atoms with Gasteiger partial charge >= 0.3 is 0 Å². The summed E-state index contributed by atoms with van der Waals surface area (Å²) in [5.74, 6) is 1.53. The van der Waals surface area contributed by atoms with Gasteiger partial charge in [0, 0.05) is 12.0 Å². The maximum absolute atomic E-state index is 5.89. The second kappa shape index (κ2) is 9.85. The fourth-order valence-electron chi connectivity index (χ4n) is 4.59. The zero-order valence-electron chi connectivity index (χ0n) is 20.1. The average molecular weight is 536 g/mol. The van der Waals surface area contributed by atoms with Gasteiger partial charge in [-0.2, -0.15) is 5.10 Å². The number of rotatable bonds is 6. The Balaban J connectivity index is 1.34. The Hall–Kier alpha value is -4.34. The molecule has 3 aromatic carbocycles. The lowest BCUT2D eigenvalue weighted by atomic mass is 9.97. The van der Waals surface area contributed by atoms with Crippen molar-refractivity contribution in [1.82, 2.24) is 4.98 Å². The molecule has 2 aliphatic rings. The molecular formula is C29H21N5O2S2. The summed E-state index contributed by atoms with van der Waals surface area (Å²) in [6, 6.07) is 30.0. The number of hydrogen-bond donors (Lipinski definition) is 0. The fourth-order valence-corrected chi connectivity index (χ4v) is 6.27. The second-order valence-corrected chi connectivity index (χ2v) is 10.6. The van der Waals surface area contributed by atoms with E-state index in [1.165, 1.54) is 11.3 Å². The number of azo groups is 1. The maximum atomic E-state index is 5.89. The van der Waals surface area contributed by atoms with Crippen molar-refractivity contribution in [2.75, 3.05) is 11.8 Å². The van der Waals surface area contributed by atoms with Gasteiger partial charge in [0.1, 0.15) is 5.69 Å². The molecule has 9 heteroatoms. The lowest BCUT2D eigenvalue weighted by Crippen LogP contribution is -2.18. The first kappa shape index (κ1) is 22.8. The van der Waals surface area contributed by atoms with Gasteiger partial charge in [-0.3, -0.25) is 0 Å². The molecule has 2 aromatic heterocycles. The number of fused-ring (bicyclic) bond motifs is 1. The van der Waals surface area contributed by atoms with Crippen molar-refractivity contribution in [3.05, 3.63) is 108 Å². The highest BCUT2D eigenvalue weighted by atomic mass is 32.1. The van der Waals surface area contributed by atoms with Crippen LogP contribution in [0.5, 0.6) is 11.5 Å². The van der Waals surface area contributed by atoms with Gasteiger partial charge in [-0.15, -0.1) is 21.6 Å². The van der Waals surface area contributed by atoms with Crippen molar-refractivity contribution in [2.24, 2.45) is 15.3 Å². The molecule has 0 aliphatic carbocycles. The van der Waals surface area contributed by atoms with Crippen molar-refractivity contribution in [3.63, 3.8) is 0 Å². The summed E-state index contributed by atoms with van der Waals surface area (Å²) >= 11 is 3.12. The summed E-state index contributed by atoms with van der Waals surface area (Å²) in [5.41, 5.74) is 4.70. The Kier molecular flexibility index (Phi) is 5.91. The van der Waals surface area contributed by atoms with Crippen molar-refractivity contribution in [2.45, 2.75) is 12.5 Å². The topological polar surface area (TPSA) is 71.7 Å². The molecule has 7 nitrogen and oxygen atoms in total. The van der Waals surface area contributed by atoms with Crippen LogP contribution in [0.15, 0.2) is 112 Å². The average Bonchev–Trinajstić information content (AvgIpc) is 3.78. The summed E-state index contributed by atoms with van der Waals surface area (Å²) in [5, 5.41) is 19.7. The molecule has 1 unspecified atom stereocenters. The van der Waals surface area contributed by atoms with Crippen molar-refractivity contribution in [3.8, 4) is 22.1 Å². The Bertz CT molecular complexity index is 1630. The molecule has 0 saturated heterocycles. The first-order valence-electron chi connectivity index (χ1n) is 12.2. The number of benzene rings is 3. The third kappa shape index (κ3) is 4.25. The molecule has 0 N–H and O–H groups in total. The number of ether oxygens (including phenoxy) is 2. The second-order valence-electron chi connectivity index (χ2n) is 8.72. The molecule has 4 heterocycles. The Labute approximate surface area is 227 Å². The first-order chi connectivity index (χ1) is 18.8. The molecule has 38 heavy (non-hydrogen) atoms. The minimum Gasteiger partial charge on any atom is -0.454 e. The van der Waals surface area contributed by atoms with E-state index in [2.05, 4.69) is 34.5 Å². The number of thiazole rings is 1. The number of aromatic nitrogens is 1. The maximum Gasteiger partial charge on any atom is 0.231 e. The van der Waals surface area contributed by atoms with Crippen LogP contribution in [0.1, 0.15) is 23.6 Å². The minimum absolute atomic E-state index is 0.108. The molecular weight excluding hydrogens is 514 g/mol. The summed E-state index contributed by atoms with van der Waals surface area (Å²) in [6.45, 7) is 0.218. The van der Waals surface area contributed by atoms with Crippen LogP contribution in [0.4, 0.5) is 15.8 Å². The van der Waals surface area contributed by atoms with Crippen LogP contribution in [0.3, 0.4) is 0 Å². The zero-order valence-corrected chi connectivity index (χ0v) is 21.7. The standard InChI is InChI=1S/C29H21N5O2S2/c1-3-9-19(10-4-1)22-17-23(21-13-7-14-24-27(21)36-18-35-24)34(33-22)29-30-26(25-15-8-16-37-25)28(38-29)32-31-20-11-5-2-6-12-20/h1-16,23H,17-18H2. The number of thiophene rings is 1. The van der Waals surface area contributed by atoms with Crippen LogP contribution in [-0.4, -0.2) is 17.5 Å². The molecule has 0 radical (unpaired) electrons. The van der Waals surface area contributed by atoms with Crippen LogP contribution in [0.2, 0.25) is 0 Å². The normalized spacial score (nSPS) is 16.4. The van der Waals surface area contributed by atoms with Crippen LogP contribution < -0.4 is 14.5 Å². The SMILES string of the molecule is c1ccc(N=Nc2sc(N3N=C(c4ccccc4)CC3c3cccc4c3OCO4)nc2-c2cccs2)cc1. The fraction of sp³-hybridized carbons (Fsp3) is 0.103. The first-order valence-corrected chi connectivity index (χ1v) is 13.9. The van der Waals surface area contributed by atoms with Gasteiger partial charge in [-0.25, -0.2) is 9.99 Å². The molecule has 186 valence electrons. The van der Waals surface area contributed by atoms with E-state index >= 15 is 0 Å². The highest BCUT2D eigenvalue weighted by molar-refractivity contribution is 7.20. The number of anilines is 1. The summed E-state index contributed by atoms with van der Waals surface area (Å²) in [6.07, 6.45) is 0.707. The van der Waals surface area contributed by atoms with Gasteiger partial charge in [-0.1, -0.05) is 78.1 Å². The monoisotopic (exact) mass is 535 g/mol. The van der Waals surface area contributed by atoms with E-state index in [0.29, 0.717) is 6.42 Å². The van der Waals surface area contributed by atoms with Gasteiger partial charge in [0.2, 0.25) is 11.9 Å². The van der Waals surface area contributed by atoms with Crippen molar-refractivity contribution in [1.29, 1.82) is 0 Å². The van der Waals surface area contributed by atoms with Gasteiger partial charge in [0.05, 0.1) is 22.3 Å². The Morgan fingerprint density at radius 1 is 0.842 bits per heavy atom. The lowest BCUT2D eigenvalue weighted by Gasteiger charge is -2.22. The smallest absolute Gasteiger partial charge is 0.231 e. The van der Waals surface area contributed by atoms with Crippen molar-refractivity contribution < 1.29 is 9.47 Å². The summed E-state index contributed by atoms with van der Waals surface area (Å²) in [4.78, 5) is 6.10. The highest BCUT2D eigenvalue weighted by Crippen LogP contribution is 2.49. The van der Waals surface area contributed by atoms with Crippen LogP contribution >= 0.6 is 22.7 Å². The number of nitrogens with zero attached hydrogens (tertiary/aromatic N) is 5. The number of para-hydroxylation sites is 1. The van der Waals surface area contributed by atoms with Crippen molar-refractivity contribution >= 4 is 44.2 Å². The van der Waals surface area contributed by atoms with Crippen LogP contribution in [0, 0.1) is 0 Å². The predicted molar refractivity (Wildman–Crippen MR) is 151 cm³/mol. The van der Waals surface area contributed by atoms with E-state index < -0.39 is 0 Å². The molecule has 1 atom stereocenters. The lowest BCUT2D eigenvalue weighted by molar-refractivity contribution is 0.173. The Morgan fingerprint density at radius 2 is 1.68 bits per heavy atom. The third-order valence-electron chi connectivity index (χ3n) is 6.36. The number of hydrazone groups is 1. The predicted octanol–water partition coefficient (Wildman–Crippen LogP) is 8.37. The third-order valence-corrected chi connectivity index (χ3v) is 8.17. The largest absolute Gasteiger partial charge is 0.454 e. The molecule has 0 bridgehead atoms. The van der Waals surface area contributed by atoms with E-state index in [4.69, 9.17) is 19.6 Å². The molecule has 2 aliphatic heterocycles.